The number of carbonyl (C=O) groups is 2. The van der Waals surface area contributed by atoms with Gasteiger partial charge in [0.05, 0.1) is 23.8 Å². The highest BCUT2D eigenvalue weighted by molar-refractivity contribution is 8.15. The molecule has 2 amide bonds. The normalized spacial score (nSPS) is 25.6. The minimum atomic E-state index is -1.36. The van der Waals surface area contributed by atoms with Gasteiger partial charge in [0.15, 0.2) is 11.0 Å². The number of piperidine rings is 1. The van der Waals surface area contributed by atoms with E-state index in [1.54, 1.807) is 58.7 Å². The van der Waals surface area contributed by atoms with Crippen molar-refractivity contribution in [3.63, 3.8) is 0 Å². The molecule has 0 radical (unpaired) electrons. The Bertz CT molecular complexity index is 1690. The summed E-state index contributed by atoms with van der Waals surface area (Å²) in [5, 5.41) is 22.5. The van der Waals surface area contributed by atoms with Crippen LogP contribution in [-0.4, -0.2) is 84.5 Å². The highest BCUT2D eigenvalue weighted by Gasteiger charge is 2.57. The minimum Gasteiger partial charge on any atom is -0.373 e. The van der Waals surface area contributed by atoms with Crippen molar-refractivity contribution in [1.29, 1.82) is 0 Å². The first-order chi connectivity index (χ1) is 21.3. The molecule has 44 heavy (non-hydrogen) atoms. The summed E-state index contributed by atoms with van der Waals surface area (Å²) in [6, 6.07) is 10.3. The van der Waals surface area contributed by atoms with Gasteiger partial charge in [0, 0.05) is 22.7 Å². The van der Waals surface area contributed by atoms with Crippen LogP contribution in [0, 0.1) is 17.7 Å². The van der Waals surface area contributed by atoms with E-state index in [9.17, 15) is 14.7 Å². The molecule has 0 bridgehead atoms. The number of rotatable bonds is 7. The lowest BCUT2D eigenvalue weighted by molar-refractivity contribution is -0.138. The Balaban J connectivity index is 1.06. The average molecular weight is 636 g/mol. The molecule has 1 saturated heterocycles. The largest absolute Gasteiger partial charge is 0.373 e. The third-order valence-electron chi connectivity index (χ3n) is 8.17. The Morgan fingerprint density at radius 2 is 1.93 bits per heavy atom. The number of amides is 2. The molecule has 2 aromatic carbocycles. The third-order valence-corrected chi connectivity index (χ3v) is 9.67. The van der Waals surface area contributed by atoms with Gasteiger partial charge in [-0.15, -0.1) is 0 Å². The van der Waals surface area contributed by atoms with E-state index in [4.69, 9.17) is 17.3 Å². The number of aliphatic hydroxyl groups excluding tert-OH is 1. The molecule has 5 N–H and O–H groups in total. The van der Waals surface area contributed by atoms with Gasteiger partial charge in [-0.05, 0) is 30.4 Å². The first-order valence-electron chi connectivity index (χ1n) is 14.0. The summed E-state index contributed by atoms with van der Waals surface area (Å²) in [7, 11) is 0. The maximum atomic E-state index is 15.6. The number of thioether (sulfide) groups is 1. The summed E-state index contributed by atoms with van der Waals surface area (Å²) >= 11 is 7.63. The summed E-state index contributed by atoms with van der Waals surface area (Å²) in [6.45, 7) is 0.271. The van der Waals surface area contributed by atoms with Crippen molar-refractivity contribution < 1.29 is 19.1 Å². The number of aliphatic imine (C=N–C) groups is 1. The summed E-state index contributed by atoms with van der Waals surface area (Å²) < 4.78 is 15.6. The number of nitrogens with one attached hydrogen (secondary N) is 2. The summed E-state index contributed by atoms with van der Waals surface area (Å²) in [4.78, 5) is 41.4. The van der Waals surface area contributed by atoms with Gasteiger partial charge in [-0.1, -0.05) is 53.7 Å². The van der Waals surface area contributed by atoms with E-state index in [0.29, 0.717) is 28.0 Å². The van der Waals surface area contributed by atoms with Crippen LogP contribution in [-0.2, 0) is 9.59 Å². The van der Waals surface area contributed by atoms with Crippen LogP contribution in [0.3, 0.4) is 0 Å². The second-order valence-electron chi connectivity index (χ2n) is 11.0. The van der Waals surface area contributed by atoms with Crippen LogP contribution in [0.25, 0.3) is 11.1 Å². The van der Waals surface area contributed by atoms with E-state index < -0.39 is 35.4 Å². The second-order valence-corrected chi connectivity index (χ2v) is 12.5. The zero-order chi connectivity index (χ0) is 30.5. The number of benzene rings is 2. The molecule has 3 aromatic rings. The Kier molecular flexibility index (Phi) is 7.44. The number of fused-ring (bicyclic) bond motifs is 2. The van der Waals surface area contributed by atoms with Gasteiger partial charge in [-0.3, -0.25) is 14.6 Å². The molecule has 12 nitrogen and oxygen atoms in total. The van der Waals surface area contributed by atoms with E-state index in [0.717, 1.165) is 6.42 Å². The number of nitrogens with two attached hydrogens (primary N) is 1. The lowest BCUT2D eigenvalue weighted by atomic mass is 10.0. The Labute approximate surface area is 260 Å². The fourth-order valence-electron chi connectivity index (χ4n) is 6.02. The van der Waals surface area contributed by atoms with Crippen molar-refractivity contribution >= 4 is 57.4 Å². The number of aliphatic hydroxyl groups is 1. The number of carbonyl (C=O) groups excluding carboxylic acids is 2. The van der Waals surface area contributed by atoms with Crippen LogP contribution in [0.5, 0.6) is 0 Å². The van der Waals surface area contributed by atoms with Crippen molar-refractivity contribution in [2.24, 2.45) is 27.7 Å². The molecule has 7 rings (SSSR count). The van der Waals surface area contributed by atoms with Crippen molar-refractivity contribution in [1.82, 2.24) is 19.9 Å². The predicted molar refractivity (Wildman–Crippen MR) is 165 cm³/mol. The molecule has 1 aliphatic carbocycles. The molecule has 6 atom stereocenters. The zero-order valence-electron chi connectivity index (χ0n) is 23.0. The highest BCUT2D eigenvalue weighted by atomic mass is 35.5. The first kappa shape index (κ1) is 28.6. The van der Waals surface area contributed by atoms with Crippen LogP contribution < -0.4 is 16.4 Å². The van der Waals surface area contributed by atoms with Crippen LogP contribution in [0.4, 0.5) is 15.8 Å². The monoisotopic (exact) mass is 635 g/mol. The third kappa shape index (κ3) is 5.27. The summed E-state index contributed by atoms with van der Waals surface area (Å²) in [6.07, 6.45) is 4.07. The van der Waals surface area contributed by atoms with Crippen molar-refractivity contribution in [2.75, 3.05) is 23.7 Å². The molecule has 15 heteroatoms. The lowest BCUT2D eigenvalue weighted by Gasteiger charge is -2.29. The maximum absolute atomic E-state index is 15.6. The SMILES string of the molecule is NC(O)C1=NN(CC(=O)N2C[C@@H]3C[C@@H]3[C@H]2C(=O)Nc2cccc(-c3ccccc3Cl)c2F)C2SC(Nc3cncnc3)=NC12. The average Bonchev–Trinajstić information content (AvgIpc) is 3.30. The molecule has 3 aliphatic heterocycles. The Morgan fingerprint density at radius 1 is 1.16 bits per heavy atom. The second kappa shape index (κ2) is 11.4. The fraction of sp³-hybridized carbons (Fsp3) is 0.310. The Morgan fingerprint density at radius 3 is 2.70 bits per heavy atom. The van der Waals surface area contributed by atoms with Gasteiger partial charge in [0.1, 0.15) is 42.3 Å². The Hall–Kier alpha value is -4.11. The lowest BCUT2D eigenvalue weighted by Crippen LogP contribution is -2.49. The molecular formula is C29H27ClFN9O3S. The van der Waals surface area contributed by atoms with Gasteiger partial charge in [0.25, 0.3) is 0 Å². The molecule has 2 fully saturated rings. The van der Waals surface area contributed by atoms with E-state index in [2.05, 4.69) is 30.7 Å². The fourth-order valence-corrected chi connectivity index (χ4v) is 7.41. The highest BCUT2D eigenvalue weighted by Crippen LogP contribution is 2.50. The molecule has 4 aliphatic rings. The van der Waals surface area contributed by atoms with Gasteiger partial charge in [-0.2, -0.15) is 5.10 Å². The molecule has 1 aromatic heterocycles. The number of halogens is 2. The summed E-state index contributed by atoms with van der Waals surface area (Å²) in [5.74, 6) is -1.16. The quantitative estimate of drug-likeness (QED) is 0.286. The summed E-state index contributed by atoms with van der Waals surface area (Å²) in [5.41, 5.74) is 7.45. The number of anilines is 2. The number of nitrogens with zero attached hydrogens (tertiary/aromatic N) is 6. The van der Waals surface area contributed by atoms with E-state index in [-0.39, 0.29) is 41.3 Å². The van der Waals surface area contributed by atoms with Gasteiger partial charge < -0.3 is 26.4 Å². The van der Waals surface area contributed by atoms with Gasteiger partial charge >= 0.3 is 0 Å². The molecule has 3 unspecified atom stereocenters. The molecule has 226 valence electrons. The minimum absolute atomic E-state index is 0.00176. The number of hydrogen-bond acceptors (Lipinski definition) is 11. The first-order valence-corrected chi connectivity index (χ1v) is 15.2. The molecular weight excluding hydrogens is 609 g/mol. The topological polar surface area (TPSA) is 161 Å². The van der Waals surface area contributed by atoms with Crippen molar-refractivity contribution in [3.05, 3.63) is 72.0 Å². The number of amidine groups is 1. The number of aromatic nitrogens is 2. The molecule has 4 heterocycles. The number of likely N-dealkylation sites (tertiary alicyclic amines) is 1. The smallest absolute Gasteiger partial charge is 0.247 e. The zero-order valence-corrected chi connectivity index (χ0v) is 24.6. The van der Waals surface area contributed by atoms with Gasteiger partial charge in [0.2, 0.25) is 11.8 Å². The van der Waals surface area contributed by atoms with E-state index >= 15 is 4.39 Å². The van der Waals surface area contributed by atoms with Crippen LogP contribution in [0.1, 0.15) is 6.42 Å². The van der Waals surface area contributed by atoms with Crippen LogP contribution >= 0.6 is 23.4 Å². The maximum Gasteiger partial charge on any atom is 0.247 e. The van der Waals surface area contributed by atoms with Crippen molar-refractivity contribution in [2.45, 2.75) is 30.1 Å². The number of hydrogen-bond donors (Lipinski definition) is 4. The van der Waals surface area contributed by atoms with Crippen LogP contribution in [0.15, 0.2) is 71.3 Å². The van der Waals surface area contributed by atoms with Crippen molar-refractivity contribution in [3.8, 4) is 11.1 Å². The van der Waals surface area contributed by atoms with E-state index in [1.807, 2.05) is 0 Å². The van der Waals surface area contributed by atoms with Crippen LogP contribution in [0.2, 0.25) is 5.02 Å². The number of hydrazone groups is 1. The van der Waals surface area contributed by atoms with E-state index in [1.165, 1.54) is 24.2 Å². The molecule has 0 spiro atoms. The predicted octanol–water partition coefficient (Wildman–Crippen LogP) is 2.58. The van der Waals surface area contributed by atoms with Gasteiger partial charge in [-0.25, -0.2) is 19.4 Å². The molecule has 1 saturated carbocycles. The standard InChI is InChI=1S/C29H27ClFN9O3S/c30-19-6-2-1-4-16(19)17-5-3-7-20(22(17)31)36-27(43)25-18-8-14(18)11-39(25)21(41)12-40-28-24(23(38-40)26(32)42)37-29(44-28)35-15-9-33-13-34-10-15/h1-7,9-10,13-14,18,24-26,28,42H,8,11-12,32H2,(H,35,37)(H,36,43)/t14-,18-,24?,25-,26?,28?/m0/s1.